The Morgan fingerprint density at radius 3 is 2.61 bits per heavy atom. The predicted octanol–water partition coefficient (Wildman–Crippen LogP) is 3.05. The lowest BCUT2D eigenvalue weighted by Gasteiger charge is -2.12. The molecule has 0 spiro atoms. The first-order chi connectivity index (χ1) is 11.3. The van der Waals surface area contributed by atoms with Crippen molar-refractivity contribution in [1.29, 1.82) is 0 Å². The van der Waals surface area contributed by atoms with Gasteiger partial charge in [-0.25, -0.2) is 0 Å². The van der Waals surface area contributed by atoms with E-state index in [1.807, 2.05) is 42.5 Å². The number of ether oxygens (including phenoxy) is 2. The van der Waals surface area contributed by atoms with Gasteiger partial charge in [0.2, 0.25) is 0 Å². The van der Waals surface area contributed by atoms with Crippen LogP contribution in [0.25, 0.3) is 0 Å². The Hall–Kier alpha value is -1.88. The topological polar surface area (TPSA) is 64.7 Å². The minimum absolute atomic E-state index is 0.463. The van der Waals surface area contributed by atoms with Gasteiger partial charge in [-0.3, -0.25) is 0 Å². The molecule has 23 heavy (non-hydrogen) atoms. The van der Waals surface area contributed by atoms with Crippen molar-refractivity contribution >= 4 is 0 Å². The van der Waals surface area contributed by atoms with E-state index < -0.39 is 6.10 Å². The third kappa shape index (κ3) is 6.40. The number of aliphatic hydroxyl groups is 1. The molecule has 3 N–H and O–H groups in total. The largest absolute Gasteiger partial charge is 0.493 e. The van der Waals surface area contributed by atoms with Gasteiger partial charge >= 0.3 is 0 Å². The second-order valence-electron chi connectivity index (χ2n) is 5.41. The molecule has 1 atom stereocenters. The van der Waals surface area contributed by atoms with Crippen molar-refractivity contribution in [3.05, 3.63) is 65.7 Å². The summed E-state index contributed by atoms with van der Waals surface area (Å²) in [5.74, 6) is 0.765. The van der Waals surface area contributed by atoms with Crippen molar-refractivity contribution in [2.45, 2.75) is 25.6 Å². The van der Waals surface area contributed by atoms with Gasteiger partial charge in [-0.15, -0.1) is 0 Å². The summed E-state index contributed by atoms with van der Waals surface area (Å²) >= 11 is 0. The van der Waals surface area contributed by atoms with Crippen LogP contribution >= 0.6 is 0 Å². The van der Waals surface area contributed by atoms with Gasteiger partial charge in [0.25, 0.3) is 0 Å². The second kappa shape index (κ2) is 10.0. The highest BCUT2D eigenvalue weighted by atomic mass is 16.5. The van der Waals surface area contributed by atoms with E-state index in [2.05, 4.69) is 12.1 Å². The van der Waals surface area contributed by atoms with Crippen LogP contribution in [0.15, 0.2) is 54.6 Å². The molecule has 0 heterocycles. The van der Waals surface area contributed by atoms with E-state index >= 15 is 0 Å². The van der Waals surface area contributed by atoms with Crippen molar-refractivity contribution in [2.75, 3.05) is 19.8 Å². The van der Waals surface area contributed by atoms with Gasteiger partial charge in [0.1, 0.15) is 5.75 Å². The Labute approximate surface area is 137 Å². The maximum atomic E-state index is 9.94. The van der Waals surface area contributed by atoms with E-state index in [9.17, 15) is 5.11 Å². The zero-order valence-electron chi connectivity index (χ0n) is 13.4. The zero-order chi connectivity index (χ0) is 16.3. The summed E-state index contributed by atoms with van der Waals surface area (Å²) in [6, 6.07) is 17.6. The van der Waals surface area contributed by atoms with E-state index in [4.69, 9.17) is 15.2 Å². The molecule has 0 aliphatic rings. The number of nitrogens with two attached hydrogens (primary N) is 1. The first-order valence-electron chi connectivity index (χ1n) is 8.02. The highest BCUT2D eigenvalue weighted by Gasteiger charge is 2.07. The standard InChI is InChI=1S/C19H25NO3/c20-11-10-19(21)17-8-4-9-18(14-17)23-13-5-12-22-15-16-6-2-1-3-7-16/h1-4,6-9,14,19,21H,5,10-13,15,20H2. The van der Waals surface area contributed by atoms with Crippen LogP contribution in [0.3, 0.4) is 0 Å². The second-order valence-corrected chi connectivity index (χ2v) is 5.41. The highest BCUT2D eigenvalue weighted by molar-refractivity contribution is 5.29. The molecule has 0 saturated carbocycles. The average Bonchev–Trinajstić information content (AvgIpc) is 2.59. The Morgan fingerprint density at radius 2 is 1.83 bits per heavy atom. The number of hydrogen-bond acceptors (Lipinski definition) is 4. The van der Waals surface area contributed by atoms with Crippen molar-refractivity contribution in [2.24, 2.45) is 5.73 Å². The van der Waals surface area contributed by atoms with Gasteiger partial charge in [0.05, 0.1) is 25.9 Å². The lowest BCUT2D eigenvalue weighted by atomic mass is 10.1. The number of hydrogen-bond donors (Lipinski definition) is 2. The van der Waals surface area contributed by atoms with Crippen LogP contribution in [0.2, 0.25) is 0 Å². The fraction of sp³-hybridized carbons (Fsp3) is 0.368. The molecule has 2 aromatic rings. The highest BCUT2D eigenvalue weighted by Crippen LogP contribution is 2.21. The molecule has 0 bridgehead atoms. The summed E-state index contributed by atoms with van der Waals surface area (Å²) in [6.45, 7) is 2.34. The van der Waals surface area contributed by atoms with Gasteiger partial charge < -0.3 is 20.3 Å². The first-order valence-corrected chi connectivity index (χ1v) is 8.02. The Bertz CT molecular complexity index is 560. The summed E-state index contributed by atoms with van der Waals surface area (Å²) in [5, 5.41) is 9.94. The maximum Gasteiger partial charge on any atom is 0.119 e. The monoisotopic (exact) mass is 315 g/mol. The smallest absolute Gasteiger partial charge is 0.119 e. The number of aliphatic hydroxyl groups excluding tert-OH is 1. The van der Waals surface area contributed by atoms with Crippen molar-refractivity contribution in [1.82, 2.24) is 0 Å². The Morgan fingerprint density at radius 1 is 1.00 bits per heavy atom. The quantitative estimate of drug-likeness (QED) is 0.661. The minimum Gasteiger partial charge on any atom is -0.493 e. The SMILES string of the molecule is NCCC(O)c1cccc(OCCCOCc2ccccc2)c1. The molecule has 2 aromatic carbocycles. The minimum atomic E-state index is -0.530. The molecular formula is C19H25NO3. The van der Waals surface area contributed by atoms with E-state index in [0.29, 0.717) is 32.8 Å². The van der Waals surface area contributed by atoms with E-state index in [-0.39, 0.29) is 0 Å². The summed E-state index contributed by atoms with van der Waals surface area (Å²) in [5.41, 5.74) is 7.49. The van der Waals surface area contributed by atoms with Gasteiger partial charge in [0, 0.05) is 6.42 Å². The van der Waals surface area contributed by atoms with Crippen LogP contribution in [-0.2, 0) is 11.3 Å². The molecule has 0 amide bonds. The van der Waals surface area contributed by atoms with Gasteiger partial charge in [0.15, 0.2) is 0 Å². The molecule has 0 aliphatic carbocycles. The lowest BCUT2D eigenvalue weighted by Crippen LogP contribution is -2.07. The Kier molecular flexibility index (Phi) is 7.60. The van der Waals surface area contributed by atoms with Crippen LogP contribution in [0.4, 0.5) is 0 Å². The fourth-order valence-corrected chi connectivity index (χ4v) is 2.25. The molecule has 0 saturated heterocycles. The molecular weight excluding hydrogens is 290 g/mol. The fourth-order valence-electron chi connectivity index (χ4n) is 2.25. The molecule has 0 aliphatic heterocycles. The van der Waals surface area contributed by atoms with Gasteiger partial charge in [-0.1, -0.05) is 42.5 Å². The van der Waals surface area contributed by atoms with E-state index in [1.165, 1.54) is 5.56 Å². The molecule has 4 nitrogen and oxygen atoms in total. The zero-order valence-corrected chi connectivity index (χ0v) is 13.4. The molecule has 4 heteroatoms. The summed E-state index contributed by atoms with van der Waals surface area (Å²) in [7, 11) is 0. The molecule has 2 rings (SSSR count). The normalized spacial score (nSPS) is 12.1. The first kappa shape index (κ1) is 17.5. The van der Waals surface area contributed by atoms with Crippen LogP contribution in [0.1, 0.15) is 30.1 Å². The molecule has 0 fully saturated rings. The third-order valence-electron chi connectivity index (χ3n) is 3.50. The van der Waals surface area contributed by atoms with Gasteiger partial charge in [-0.2, -0.15) is 0 Å². The molecule has 0 aromatic heterocycles. The van der Waals surface area contributed by atoms with Crippen molar-refractivity contribution < 1.29 is 14.6 Å². The van der Waals surface area contributed by atoms with Crippen LogP contribution in [0, 0.1) is 0 Å². The van der Waals surface area contributed by atoms with E-state index in [1.54, 1.807) is 0 Å². The number of rotatable bonds is 10. The third-order valence-corrected chi connectivity index (χ3v) is 3.50. The van der Waals surface area contributed by atoms with Crippen LogP contribution in [0.5, 0.6) is 5.75 Å². The summed E-state index contributed by atoms with van der Waals surface area (Å²) < 4.78 is 11.3. The Balaban J connectivity index is 1.65. The van der Waals surface area contributed by atoms with Crippen molar-refractivity contribution in [3.8, 4) is 5.75 Å². The predicted molar refractivity (Wildman–Crippen MR) is 91.3 cm³/mol. The lowest BCUT2D eigenvalue weighted by molar-refractivity contribution is 0.107. The van der Waals surface area contributed by atoms with Gasteiger partial charge in [-0.05, 0) is 36.2 Å². The number of benzene rings is 2. The van der Waals surface area contributed by atoms with Crippen molar-refractivity contribution in [3.63, 3.8) is 0 Å². The molecule has 1 unspecified atom stereocenters. The van der Waals surface area contributed by atoms with E-state index in [0.717, 1.165) is 17.7 Å². The molecule has 0 radical (unpaired) electrons. The average molecular weight is 315 g/mol. The molecule has 124 valence electrons. The van der Waals surface area contributed by atoms with Crippen LogP contribution in [-0.4, -0.2) is 24.9 Å². The summed E-state index contributed by atoms with van der Waals surface area (Å²) in [6.07, 6.45) is 0.844. The summed E-state index contributed by atoms with van der Waals surface area (Å²) in [4.78, 5) is 0. The van der Waals surface area contributed by atoms with Crippen LogP contribution < -0.4 is 10.5 Å². The maximum absolute atomic E-state index is 9.94.